The van der Waals surface area contributed by atoms with E-state index in [1.54, 1.807) is 0 Å². The van der Waals surface area contributed by atoms with Crippen molar-refractivity contribution < 1.29 is 4.79 Å². The van der Waals surface area contributed by atoms with Gasteiger partial charge in [-0.2, -0.15) is 0 Å². The van der Waals surface area contributed by atoms with Crippen LogP contribution in [0.15, 0.2) is 24.3 Å². The fourth-order valence-corrected chi connectivity index (χ4v) is 1.91. The van der Waals surface area contributed by atoms with Gasteiger partial charge in [0, 0.05) is 13.0 Å². The minimum Gasteiger partial charge on any atom is -0.356 e. The van der Waals surface area contributed by atoms with Crippen LogP contribution in [0, 0.1) is 0 Å². The second-order valence-electron chi connectivity index (χ2n) is 5.24. The maximum atomic E-state index is 11.6. The Balaban J connectivity index is 2.26. The zero-order valence-corrected chi connectivity index (χ0v) is 12.1. The third-order valence-electron chi connectivity index (χ3n) is 3.24. The average molecular weight is 262 g/mol. The van der Waals surface area contributed by atoms with Gasteiger partial charge in [-0.25, -0.2) is 0 Å². The number of nitrogens with two attached hydrogens (primary N) is 1. The summed E-state index contributed by atoms with van der Waals surface area (Å²) in [7, 11) is 0. The summed E-state index contributed by atoms with van der Waals surface area (Å²) in [6.07, 6.45) is 3.30. The first kappa shape index (κ1) is 15.7. The lowest BCUT2D eigenvalue weighted by atomic mass is 10.0. The van der Waals surface area contributed by atoms with Crippen LogP contribution >= 0.6 is 0 Å². The molecule has 0 aliphatic rings. The van der Waals surface area contributed by atoms with Crippen LogP contribution in [0.5, 0.6) is 0 Å². The summed E-state index contributed by atoms with van der Waals surface area (Å²) in [5.41, 5.74) is 7.97. The van der Waals surface area contributed by atoms with Gasteiger partial charge in [-0.1, -0.05) is 38.1 Å². The predicted octanol–water partition coefficient (Wildman–Crippen LogP) is 2.60. The van der Waals surface area contributed by atoms with Crippen molar-refractivity contribution >= 4 is 5.91 Å². The van der Waals surface area contributed by atoms with E-state index < -0.39 is 0 Å². The number of unbranched alkanes of at least 4 members (excludes halogenated alkanes) is 1. The van der Waals surface area contributed by atoms with Crippen molar-refractivity contribution in [2.45, 2.75) is 45.4 Å². The number of nitrogens with one attached hydrogen (secondary N) is 1. The highest BCUT2D eigenvalue weighted by molar-refractivity contribution is 5.76. The zero-order valence-electron chi connectivity index (χ0n) is 12.1. The molecule has 106 valence electrons. The lowest BCUT2D eigenvalue weighted by Crippen LogP contribution is -2.25. The minimum atomic E-state index is 0.130. The normalized spacial score (nSPS) is 10.7. The zero-order chi connectivity index (χ0) is 14.1. The standard InChI is InChI=1S/C16H26N2O/c1-13(2)15-8-5-14(6-9-15)7-10-16(19)18-12-4-3-11-17/h5-6,8-9,13H,3-4,7,10-12,17H2,1-2H3,(H,18,19). The average Bonchev–Trinajstić information content (AvgIpc) is 2.42. The van der Waals surface area contributed by atoms with E-state index in [0.717, 1.165) is 25.8 Å². The van der Waals surface area contributed by atoms with E-state index in [-0.39, 0.29) is 5.91 Å². The molecule has 0 saturated carbocycles. The quantitative estimate of drug-likeness (QED) is 0.708. The lowest BCUT2D eigenvalue weighted by Gasteiger charge is -2.07. The van der Waals surface area contributed by atoms with Gasteiger partial charge in [-0.05, 0) is 42.9 Å². The monoisotopic (exact) mass is 262 g/mol. The van der Waals surface area contributed by atoms with Gasteiger partial charge in [0.05, 0.1) is 0 Å². The third-order valence-corrected chi connectivity index (χ3v) is 3.24. The van der Waals surface area contributed by atoms with Crippen LogP contribution in [-0.2, 0) is 11.2 Å². The fraction of sp³-hybridized carbons (Fsp3) is 0.562. The van der Waals surface area contributed by atoms with E-state index in [4.69, 9.17) is 5.73 Å². The summed E-state index contributed by atoms with van der Waals surface area (Å²) in [5.74, 6) is 0.685. The summed E-state index contributed by atoms with van der Waals surface area (Å²) in [4.78, 5) is 11.6. The molecule has 1 aromatic carbocycles. The Bertz CT molecular complexity index is 371. The molecule has 1 amide bonds. The van der Waals surface area contributed by atoms with E-state index in [0.29, 0.717) is 18.9 Å². The molecule has 1 aromatic rings. The molecule has 1 rings (SSSR count). The fourth-order valence-electron chi connectivity index (χ4n) is 1.91. The number of amides is 1. The molecule has 0 saturated heterocycles. The van der Waals surface area contributed by atoms with Crippen molar-refractivity contribution in [3.63, 3.8) is 0 Å². The van der Waals surface area contributed by atoms with Crippen molar-refractivity contribution in [3.05, 3.63) is 35.4 Å². The molecule has 0 heterocycles. The second kappa shape index (κ2) is 8.70. The Morgan fingerprint density at radius 3 is 2.47 bits per heavy atom. The molecule has 0 aromatic heterocycles. The third kappa shape index (κ3) is 6.39. The van der Waals surface area contributed by atoms with Crippen LogP contribution in [0.4, 0.5) is 0 Å². The second-order valence-corrected chi connectivity index (χ2v) is 5.24. The molecule has 0 aliphatic carbocycles. The molecule has 3 N–H and O–H groups in total. The smallest absolute Gasteiger partial charge is 0.220 e. The summed E-state index contributed by atoms with van der Waals surface area (Å²) >= 11 is 0. The molecule has 0 fully saturated rings. The van der Waals surface area contributed by atoms with Crippen molar-refractivity contribution in [3.8, 4) is 0 Å². The van der Waals surface area contributed by atoms with Crippen LogP contribution < -0.4 is 11.1 Å². The highest BCUT2D eigenvalue weighted by Crippen LogP contribution is 2.15. The number of hydrogen-bond acceptors (Lipinski definition) is 2. The van der Waals surface area contributed by atoms with E-state index >= 15 is 0 Å². The maximum absolute atomic E-state index is 11.6. The van der Waals surface area contributed by atoms with Crippen LogP contribution in [0.1, 0.15) is 50.2 Å². The van der Waals surface area contributed by atoms with Gasteiger partial charge in [0.15, 0.2) is 0 Å². The topological polar surface area (TPSA) is 55.1 Å². The Hall–Kier alpha value is -1.35. The van der Waals surface area contributed by atoms with Crippen LogP contribution in [0.3, 0.4) is 0 Å². The predicted molar refractivity (Wildman–Crippen MR) is 80.2 cm³/mol. The van der Waals surface area contributed by atoms with Gasteiger partial charge in [0.25, 0.3) is 0 Å². The van der Waals surface area contributed by atoms with Gasteiger partial charge in [0.1, 0.15) is 0 Å². The first-order valence-corrected chi connectivity index (χ1v) is 7.19. The minimum absolute atomic E-state index is 0.130. The van der Waals surface area contributed by atoms with Crippen molar-refractivity contribution in [2.75, 3.05) is 13.1 Å². The summed E-state index contributed by atoms with van der Waals surface area (Å²) in [6, 6.07) is 8.55. The highest BCUT2D eigenvalue weighted by Gasteiger charge is 2.03. The number of aryl methyl sites for hydroxylation is 1. The molecule has 0 aliphatic heterocycles. The maximum Gasteiger partial charge on any atom is 0.220 e. The molecule has 0 spiro atoms. The summed E-state index contributed by atoms with van der Waals surface area (Å²) in [6.45, 7) is 5.80. The summed E-state index contributed by atoms with van der Waals surface area (Å²) < 4.78 is 0. The van der Waals surface area contributed by atoms with E-state index in [1.807, 2.05) is 0 Å². The Morgan fingerprint density at radius 1 is 1.21 bits per heavy atom. The van der Waals surface area contributed by atoms with Crippen LogP contribution in [-0.4, -0.2) is 19.0 Å². The molecule has 19 heavy (non-hydrogen) atoms. The Labute approximate surface area is 116 Å². The van der Waals surface area contributed by atoms with Crippen LogP contribution in [0.25, 0.3) is 0 Å². The van der Waals surface area contributed by atoms with Gasteiger partial charge in [0.2, 0.25) is 5.91 Å². The van der Waals surface area contributed by atoms with Gasteiger partial charge < -0.3 is 11.1 Å². The number of carbonyl (C=O) groups excluding carboxylic acids is 1. The van der Waals surface area contributed by atoms with Crippen molar-refractivity contribution in [1.82, 2.24) is 5.32 Å². The molecule has 0 atom stereocenters. The highest BCUT2D eigenvalue weighted by atomic mass is 16.1. The van der Waals surface area contributed by atoms with Crippen molar-refractivity contribution in [2.24, 2.45) is 5.73 Å². The number of rotatable bonds is 8. The first-order valence-electron chi connectivity index (χ1n) is 7.19. The van der Waals surface area contributed by atoms with Crippen molar-refractivity contribution in [1.29, 1.82) is 0 Å². The Kier molecular flexibility index (Phi) is 7.19. The van der Waals surface area contributed by atoms with Gasteiger partial charge >= 0.3 is 0 Å². The molecule has 0 unspecified atom stereocenters. The molecular weight excluding hydrogens is 236 g/mol. The van der Waals surface area contributed by atoms with Crippen LogP contribution in [0.2, 0.25) is 0 Å². The molecule has 3 nitrogen and oxygen atoms in total. The van der Waals surface area contributed by atoms with Gasteiger partial charge in [-0.15, -0.1) is 0 Å². The summed E-state index contributed by atoms with van der Waals surface area (Å²) in [5, 5.41) is 2.92. The number of hydrogen-bond donors (Lipinski definition) is 2. The molecular formula is C16H26N2O. The van der Waals surface area contributed by atoms with E-state index in [9.17, 15) is 4.79 Å². The molecule has 3 heteroatoms. The SMILES string of the molecule is CC(C)c1ccc(CCC(=O)NCCCCN)cc1. The first-order chi connectivity index (χ1) is 9.13. The van der Waals surface area contributed by atoms with E-state index in [1.165, 1.54) is 11.1 Å². The van der Waals surface area contributed by atoms with Gasteiger partial charge in [-0.3, -0.25) is 4.79 Å². The largest absolute Gasteiger partial charge is 0.356 e. The number of benzene rings is 1. The van der Waals surface area contributed by atoms with E-state index in [2.05, 4.69) is 43.4 Å². The number of carbonyl (C=O) groups is 1. The molecule has 0 bridgehead atoms. The Morgan fingerprint density at radius 2 is 1.89 bits per heavy atom. The molecule has 0 radical (unpaired) electrons. The lowest BCUT2D eigenvalue weighted by molar-refractivity contribution is -0.121.